The molecule has 11 heterocycles. The fourth-order valence-corrected chi connectivity index (χ4v) is 21.0. The van der Waals surface area contributed by atoms with Crippen LogP contribution < -0.4 is 60.0 Å². The number of ketones is 1. The molecule has 7 aliphatic rings. The largest absolute Gasteiger partial charge is 1.00 e. The average Bonchev–Trinajstić information content (AvgIpc) is 1.00. The molecule has 1 amide bonds. The number of alkyl halides is 6. The van der Waals surface area contributed by atoms with E-state index in [0.29, 0.717) is 90.6 Å². The number of carbonyl (C=O) groups excluding carboxylic acids is 8. The van der Waals surface area contributed by atoms with Gasteiger partial charge in [0.15, 0.2) is 17.2 Å². The van der Waals surface area contributed by atoms with E-state index in [9.17, 15) is 69.8 Å². The second-order valence-corrected chi connectivity index (χ2v) is 38.7. The first-order chi connectivity index (χ1) is 68.5. The van der Waals surface area contributed by atoms with E-state index in [2.05, 4.69) is 109 Å². The molecule has 0 atom stereocenters. The van der Waals surface area contributed by atoms with E-state index in [-0.39, 0.29) is 92.8 Å². The first-order valence-electron chi connectivity index (χ1n) is 48.5. The van der Waals surface area contributed by atoms with Crippen LogP contribution in [0.5, 0.6) is 11.5 Å². The molecular formula is C107H131F6ILiN14O16V+. The Hall–Kier alpha value is -12.1. The van der Waals surface area contributed by atoms with Gasteiger partial charge in [-0.15, -0.1) is 26.3 Å². The Kier molecular flexibility index (Phi) is 46.2. The van der Waals surface area contributed by atoms with Gasteiger partial charge in [-0.05, 0) is 218 Å². The topological polar surface area (TPSA) is 378 Å². The Bertz CT molecular complexity index is 6030. The van der Waals surface area contributed by atoms with Crippen molar-refractivity contribution in [1.82, 2.24) is 48.3 Å². The number of amides is 1. The summed E-state index contributed by atoms with van der Waals surface area (Å²) in [6, 6.07) is 49.5. The minimum atomic E-state index is -4.66. The monoisotopic (exact) mass is 2170 g/mol. The van der Waals surface area contributed by atoms with Crippen molar-refractivity contribution in [3.8, 4) is 11.5 Å². The van der Waals surface area contributed by atoms with E-state index in [4.69, 9.17) is 32.1 Å². The number of imidazole rings is 4. The maximum Gasteiger partial charge on any atom is 1.00 e. The number of carboxylic acid groups (broad SMARTS) is 1. The number of benzene rings is 5. The number of aryl methyl sites for hydroxylation is 7. The summed E-state index contributed by atoms with van der Waals surface area (Å²) in [6.07, 6.45) is 10.8. The van der Waals surface area contributed by atoms with Crippen molar-refractivity contribution in [2.24, 2.45) is 16.6 Å². The van der Waals surface area contributed by atoms with Crippen LogP contribution in [0.25, 0.3) is 5.65 Å². The van der Waals surface area contributed by atoms with Gasteiger partial charge >= 0.3 is 146 Å². The SMILES string of the molecule is C.CC(=O)OI(OC(C)=O)c1ccccc1.CCOC(=O)c1c(CC)nc2ccccn12.CCOC(=O)c1c(CC)nc2n1CCCC2.CCc1nc2n(c1C(=O)NCc1ccc(N3CC4(CC(c5ccc(OC(F)(F)F)cc5)C4)C3)cc1)CCCC2.CCc1nc2n(c1C(=O)[O-])CCCC2.NCc1ccc(N2CC3(CC(c4ccc(OC(F)(F)F)cc4)C3)C2)cc1.Nc1ccccn1.[CH2+]CC(=O)CC(=O)OCC.[Li+].[V]. The molecular weight excluding hydrogens is 2040 g/mol. The third-order valence-electron chi connectivity index (χ3n) is 24.9. The molecule has 779 valence electrons. The van der Waals surface area contributed by atoms with E-state index >= 15 is 0 Å². The van der Waals surface area contributed by atoms with Crippen LogP contribution in [0.3, 0.4) is 0 Å². The van der Waals surface area contributed by atoms with Crippen LogP contribution in [-0.2, 0) is 136 Å². The van der Waals surface area contributed by atoms with Crippen molar-refractivity contribution >= 4 is 91.0 Å². The number of hydrogen-bond acceptors (Lipinski definition) is 25. The molecule has 146 heavy (non-hydrogen) atoms. The number of pyridine rings is 2. The van der Waals surface area contributed by atoms with Gasteiger partial charge in [0.2, 0.25) is 0 Å². The number of carbonyl (C=O) groups is 8. The van der Waals surface area contributed by atoms with Crippen LogP contribution >= 0.6 is 20.6 Å². The number of rotatable bonds is 26. The van der Waals surface area contributed by atoms with Gasteiger partial charge in [-0.2, -0.15) is 0 Å². The Morgan fingerprint density at radius 2 is 0.918 bits per heavy atom. The Balaban J connectivity index is 0.000000214. The van der Waals surface area contributed by atoms with Gasteiger partial charge < -0.3 is 73.9 Å². The number of esters is 3. The first kappa shape index (κ1) is 119. The van der Waals surface area contributed by atoms with E-state index in [1.165, 1.54) is 55.9 Å². The maximum atomic E-state index is 13.0. The smallest absolute Gasteiger partial charge is 0.543 e. The predicted molar refractivity (Wildman–Crippen MR) is 540 cm³/mol. The number of hydrogen-bond donors (Lipinski definition) is 3. The molecule has 0 unspecified atom stereocenters. The summed E-state index contributed by atoms with van der Waals surface area (Å²) in [7, 11) is 0. The molecule has 5 aromatic carbocycles. The number of fused-ring (bicyclic) bond motifs is 4. The Morgan fingerprint density at radius 3 is 1.32 bits per heavy atom. The summed E-state index contributed by atoms with van der Waals surface area (Å²) >= 11 is -2.59. The fourth-order valence-electron chi connectivity index (χ4n) is 18.3. The third-order valence-corrected chi connectivity index (χ3v) is 28.7. The van der Waals surface area contributed by atoms with E-state index < -0.39 is 57.3 Å². The summed E-state index contributed by atoms with van der Waals surface area (Å²) in [4.78, 5) is 117. The average molecular weight is 2170 g/mol. The molecule has 39 heteroatoms. The molecule has 5 N–H and O–H groups in total. The molecule has 2 spiro atoms. The molecule has 2 aliphatic carbocycles. The summed E-state index contributed by atoms with van der Waals surface area (Å²) in [6.45, 7) is 28.0. The van der Waals surface area contributed by atoms with Crippen molar-refractivity contribution in [3.05, 3.63) is 272 Å². The fraction of sp³-hybridized carbons (Fsp3) is 0.439. The number of ether oxygens (including phenoxy) is 5. The van der Waals surface area contributed by atoms with Crippen LogP contribution in [0.1, 0.15) is 263 Å². The zero-order chi connectivity index (χ0) is 103. The molecule has 11 aromatic rings. The van der Waals surface area contributed by atoms with Crippen LogP contribution in [0.2, 0.25) is 0 Å². The van der Waals surface area contributed by atoms with Crippen LogP contribution in [0, 0.1) is 21.3 Å². The third kappa shape index (κ3) is 33.4. The number of aromatic nitrogens is 9. The molecule has 4 fully saturated rings. The second-order valence-electron chi connectivity index (χ2n) is 35.3. The maximum absolute atomic E-state index is 13.0. The minimum absolute atomic E-state index is 0. The van der Waals surface area contributed by atoms with Crippen molar-refractivity contribution in [3.63, 3.8) is 0 Å². The zero-order valence-corrected chi connectivity index (χ0v) is 87.3. The van der Waals surface area contributed by atoms with Crippen LogP contribution in [0.15, 0.2) is 176 Å². The number of aromatic carboxylic acids is 1. The molecule has 2 saturated carbocycles. The van der Waals surface area contributed by atoms with E-state index in [0.717, 1.165) is 214 Å². The predicted octanol–water partition coefficient (Wildman–Crippen LogP) is 16.0. The Labute approximate surface area is 880 Å². The molecule has 18 rings (SSSR count). The molecule has 1 radical (unpaired) electrons. The molecule has 6 aromatic heterocycles. The summed E-state index contributed by atoms with van der Waals surface area (Å²) < 4.78 is 115. The van der Waals surface area contributed by atoms with Gasteiger partial charge in [0.05, 0.1) is 61.2 Å². The van der Waals surface area contributed by atoms with Gasteiger partial charge in [0.25, 0.3) is 5.91 Å². The van der Waals surface area contributed by atoms with E-state index in [1.54, 1.807) is 71.5 Å². The van der Waals surface area contributed by atoms with Crippen molar-refractivity contribution in [2.45, 2.75) is 249 Å². The second kappa shape index (κ2) is 56.7. The number of anilines is 3. The number of nitrogens with one attached hydrogen (secondary N) is 1. The summed E-state index contributed by atoms with van der Waals surface area (Å²) in [5.74, 6) is 0.862. The summed E-state index contributed by atoms with van der Waals surface area (Å²) in [5.41, 5.74) is 24.5. The number of carboxylic acids is 1. The normalized spacial score (nSPS) is 14.6. The molecule has 5 aliphatic heterocycles. The van der Waals surface area contributed by atoms with Gasteiger partial charge in [-0.3, -0.25) is 18.8 Å². The standard InChI is InChI=1S/C30H33F3N4O2.C20H21F3N2O.C12H18N2O2.C12H14N2O2.C10H11IO4.C10H14N2O2.C7H11O3.C5H6N2.CH4.Li.V/c1-2-25-27(37-14-4-3-5-26(37)35-25)28(38)34-17-20-6-10-23(11-7-20)36-18-29(19-36)15-22(16-29)21-8-12-24(13-9-21)39-30(31,32)33;21-20(22,23)26-18-7-3-15(4-8-18)16-9-19(10-16)12-25(13-19)17-5-1-14(11-24)2-6-17;2*1-3-9-11(12(15)16-4-2)14-8-6-5-7-10(14)13-9;1-8(12)14-11(15-9(2)13)10-6-4-3-5-7-10;1-2-7-9(10(13)14)12-6-4-3-5-8(12)11-7;1-3-6(8)5-7(9)10-4-2;6-5-3-1-2-4-7-5;;;/h6-13,22H,2-5,14-19H2,1H3,(H,34,38);1-8,16H,9-13,24H2;3-8H2,1-2H3;5-8H,3-4H2,1-2H3;3-7H,1-2H3;2-6H2,1H3,(H,13,14);1,3-5H2,2H3;1-4H,(H2,6,7);1H4;;/q;;;;;;+1;;;+1;/p-1. The van der Waals surface area contributed by atoms with Gasteiger partial charge in [-0.1, -0.05) is 95.8 Å². The van der Waals surface area contributed by atoms with Crippen molar-refractivity contribution in [1.29, 1.82) is 0 Å². The van der Waals surface area contributed by atoms with Crippen LogP contribution in [0.4, 0.5) is 43.5 Å². The molecule has 30 nitrogen and oxygen atoms in total. The van der Waals surface area contributed by atoms with Crippen molar-refractivity contribution in [2.75, 3.05) is 61.5 Å². The number of nitrogens with zero attached hydrogens (tertiary/aromatic N) is 11. The van der Waals surface area contributed by atoms with E-state index in [1.807, 2.05) is 93.9 Å². The van der Waals surface area contributed by atoms with Crippen molar-refractivity contribution < 1.29 is 137 Å². The first-order valence-corrected chi connectivity index (χ1v) is 51.3. The quantitative estimate of drug-likeness (QED) is 0.00862. The van der Waals surface area contributed by atoms with Gasteiger partial charge in [0, 0.05) is 131 Å². The van der Waals surface area contributed by atoms with Gasteiger partial charge in [0.1, 0.15) is 59.0 Å². The number of nitrogens with two attached hydrogens (primary N) is 2. The minimum Gasteiger partial charge on any atom is -0.543 e. The number of Topliss-reactive ketones (excluding diaryl/α,β-unsaturated/α-hetero) is 1. The Morgan fingerprint density at radius 1 is 0.507 bits per heavy atom. The summed E-state index contributed by atoms with van der Waals surface area (Å²) in [5, 5.41) is 14.0. The zero-order valence-electron chi connectivity index (χ0n) is 83.7. The number of nitrogen functional groups attached to an aromatic ring is 1. The molecule has 2 saturated heterocycles. The van der Waals surface area contributed by atoms with Crippen LogP contribution in [-0.4, -0.2) is 149 Å². The number of halogens is 7. The molecule has 0 bridgehead atoms. The van der Waals surface area contributed by atoms with Gasteiger partial charge in [-0.25, -0.2) is 34.5 Å².